The molecule has 0 aliphatic heterocycles. The van der Waals surface area contributed by atoms with Crippen LogP contribution < -0.4 is 14.2 Å². The van der Waals surface area contributed by atoms with E-state index < -0.39 is 6.29 Å². The fourth-order valence-electron chi connectivity index (χ4n) is 2.23. The van der Waals surface area contributed by atoms with E-state index >= 15 is 0 Å². The molecule has 25 heavy (non-hydrogen) atoms. The van der Waals surface area contributed by atoms with Gasteiger partial charge in [-0.05, 0) is 41.5 Å². The van der Waals surface area contributed by atoms with Crippen LogP contribution in [0.3, 0.4) is 0 Å². The summed E-state index contributed by atoms with van der Waals surface area (Å²) in [6, 6.07) is 13.3. The Hall–Kier alpha value is -2.50. The first-order valence-electron chi connectivity index (χ1n) is 7.89. The molecule has 1 unspecified atom stereocenters. The Morgan fingerprint density at radius 2 is 1.40 bits per heavy atom. The Labute approximate surface area is 148 Å². The lowest BCUT2D eigenvalue weighted by Gasteiger charge is -2.16. The minimum Gasteiger partial charge on any atom is -0.497 e. The van der Waals surface area contributed by atoms with Crippen LogP contribution in [0.5, 0.6) is 17.2 Å². The Balaban J connectivity index is 1.88. The van der Waals surface area contributed by atoms with Gasteiger partial charge >= 0.3 is 0 Å². The van der Waals surface area contributed by atoms with Crippen LogP contribution in [0.25, 0.3) is 0 Å². The fraction of sp³-hybridized carbons (Fsp3) is 0.300. The zero-order valence-corrected chi connectivity index (χ0v) is 14.9. The topological polar surface area (TPSA) is 46.2 Å². The van der Waals surface area contributed by atoms with E-state index in [4.69, 9.17) is 23.7 Å². The predicted molar refractivity (Wildman–Crippen MR) is 96.1 cm³/mol. The molecule has 134 valence electrons. The van der Waals surface area contributed by atoms with Crippen molar-refractivity contribution >= 4 is 0 Å². The molecule has 0 amide bonds. The first-order valence-corrected chi connectivity index (χ1v) is 7.89. The third kappa shape index (κ3) is 5.52. The van der Waals surface area contributed by atoms with E-state index in [-0.39, 0.29) is 0 Å². The quantitative estimate of drug-likeness (QED) is 0.482. The Kier molecular flexibility index (Phi) is 7.32. The lowest BCUT2D eigenvalue weighted by atomic mass is 10.2. The van der Waals surface area contributed by atoms with Gasteiger partial charge in [-0.15, -0.1) is 0 Å². The van der Waals surface area contributed by atoms with Crippen LogP contribution in [0.2, 0.25) is 0 Å². The molecular formula is C20H24O5. The average Bonchev–Trinajstić information content (AvgIpc) is 2.68. The molecule has 0 bridgehead atoms. The summed E-state index contributed by atoms with van der Waals surface area (Å²) in [6.45, 7) is 4.56. The summed E-state index contributed by atoms with van der Waals surface area (Å²) in [5.41, 5.74) is 1.99. The zero-order chi connectivity index (χ0) is 18.1. The van der Waals surface area contributed by atoms with Crippen LogP contribution in [0, 0.1) is 0 Å². The van der Waals surface area contributed by atoms with Gasteiger partial charge in [-0.25, -0.2) is 0 Å². The standard InChI is InChI=1S/C20H24O5/c1-5-20(24-13-15-6-9-17(21-2)10-7-15)25-14-16-8-11-18(22-3)19(12-16)23-4/h5-12,20H,1,13-14H2,2-4H3. The molecule has 2 rings (SSSR count). The minimum atomic E-state index is -0.504. The Bertz CT molecular complexity index is 666. The highest BCUT2D eigenvalue weighted by Gasteiger charge is 2.09. The summed E-state index contributed by atoms with van der Waals surface area (Å²) >= 11 is 0. The number of hydrogen-bond donors (Lipinski definition) is 0. The molecule has 0 saturated heterocycles. The van der Waals surface area contributed by atoms with E-state index in [1.54, 1.807) is 27.4 Å². The Morgan fingerprint density at radius 1 is 0.800 bits per heavy atom. The third-order valence-corrected chi connectivity index (χ3v) is 3.63. The number of ether oxygens (including phenoxy) is 5. The average molecular weight is 344 g/mol. The molecular weight excluding hydrogens is 320 g/mol. The number of hydrogen-bond acceptors (Lipinski definition) is 5. The van der Waals surface area contributed by atoms with Crippen molar-refractivity contribution in [1.29, 1.82) is 0 Å². The van der Waals surface area contributed by atoms with Crippen LogP contribution in [-0.4, -0.2) is 27.6 Å². The van der Waals surface area contributed by atoms with Crippen molar-refractivity contribution in [3.8, 4) is 17.2 Å². The molecule has 0 aliphatic carbocycles. The molecule has 0 aromatic heterocycles. The summed E-state index contributed by atoms with van der Waals surface area (Å²) < 4.78 is 27.1. The normalized spacial score (nSPS) is 11.6. The molecule has 2 aromatic carbocycles. The molecule has 2 aromatic rings. The lowest BCUT2D eigenvalue weighted by Crippen LogP contribution is -2.14. The molecule has 1 atom stereocenters. The first-order chi connectivity index (χ1) is 12.2. The maximum atomic E-state index is 5.76. The first kappa shape index (κ1) is 18.8. The van der Waals surface area contributed by atoms with Gasteiger partial charge < -0.3 is 23.7 Å². The predicted octanol–water partition coefficient (Wildman–Crippen LogP) is 3.96. The summed E-state index contributed by atoms with van der Waals surface area (Å²) in [7, 11) is 4.85. The van der Waals surface area contributed by atoms with E-state index in [1.807, 2.05) is 42.5 Å². The van der Waals surface area contributed by atoms with Gasteiger partial charge in [-0.1, -0.05) is 24.8 Å². The summed E-state index contributed by atoms with van der Waals surface area (Å²) in [6.07, 6.45) is 1.12. The zero-order valence-electron chi connectivity index (χ0n) is 14.9. The van der Waals surface area contributed by atoms with Gasteiger partial charge in [-0.2, -0.15) is 0 Å². The van der Waals surface area contributed by atoms with Crippen molar-refractivity contribution in [1.82, 2.24) is 0 Å². The monoisotopic (exact) mass is 344 g/mol. The van der Waals surface area contributed by atoms with Gasteiger partial charge in [-0.3, -0.25) is 0 Å². The smallest absolute Gasteiger partial charge is 0.177 e. The van der Waals surface area contributed by atoms with E-state index in [9.17, 15) is 0 Å². The van der Waals surface area contributed by atoms with Gasteiger partial charge in [0.05, 0.1) is 34.5 Å². The number of methoxy groups -OCH3 is 3. The summed E-state index contributed by atoms with van der Waals surface area (Å²) in [5, 5.41) is 0. The largest absolute Gasteiger partial charge is 0.497 e. The Morgan fingerprint density at radius 3 is 1.96 bits per heavy atom. The van der Waals surface area contributed by atoms with Gasteiger partial charge in [0.1, 0.15) is 5.75 Å². The van der Waals surface area contributed by atoms with Gasteiger partial charge in [0, 0.05) is 0 Å². The molecule has 0 fully saturated rings. The molecule has 0 saturated carbocycles. The summed E-state index contributed by atoms with van der Waals surface area (Å²) in [5.74, 6) is 2.16. The van der Waals surface area contributed by atoms with Crippen molar-refractivity contribution < 1.29 is 23.7 Å². The highest BCUT2D eigenvalue weighted by Crippen LogP contribution is 2.28. The SMILES string of the molecule is C=CC(OCc1ccc(OC)cc1)OCc1ccc(OC)c(OC)c1. The van der Waals surface area contributed by atoms with Crippen molar-refractivity contribution in [2.45, 2.75) is 19.5 Å². The lowest BCUT2D eigenvalue weighted by molar-refractivity contribution is -0.126. The van der Waals surface area contributed by atoms with Gasteiger partial charge in [0.25, 0.3) is 0 Å². The molecule has 5 nitrogen and oxygen atoms in total. The minimum absolute atomic E-state index is 0.375. The fourth-order valence-corrected chi connectivity index (χ4v) is 2.23. The van der Waals surface area contributed by atoms with E-state index in [0.717, 1.165) is 16.9 Å². The highest BCUT2D eigenvalue weighted by atomic mass is 16.7. The van der Waals surface area contributed by atoms with E-state index in [2.05, 4.69) is 6.58 Å². The van der Waals surface area contributed by atoms with Crippen LogP contribution in [0.15, 0.2) is 55.1 Å². The number of rotatable bonds is 10. The molecule has 0 heterocycles. The molecule has 0 aliphatic rings. The number of benzene rings is 2. The van der Waals surface area contributed by atoms with Crippen molar-refractivity contribution in [3.63, 3.8) is 0 Å². The highest BCUT2D eigenvalue weighted by molar-refractivity contribution is 5.42. The molecule has 0 N–H and O–H groups in total. The van der Waals surface area contributed by atoms with Gasteiger partial charge in [0.15, 0.2) is 17.8 Å². The molecule has 0 radical (unpaired) electrons. The third-order valence-electron chi connectivity index (χ3n) is 3.63. The van der Waals surface area contributed by atoms with Crippen LogP contribution in [-0.2, 0) is 22.7 Å². The second-order valence-electron chi connectivity index (χ2n) is 5.26. The van der Waals surface area contributed by atoms with Crippen molar-refractivity contribution in [2.75, 3.05) is 21.3 Å². The van der Waals surface area contributed by atoms with Crippen LogP contribution in [0.1, 0.15) is 11.1 Å². The van der Waals surface area contributed by atoms with E-state index in [1.165, 1.54) is 0 Å². The second kappa shape index (κ2) is 9.71. The van der Waals surface area contributed by atoms with E-state index in [0.29, 0.717) is 24.7 Å². The molecule has 0 spiro atoms. The second-order valence-corrected chi connectivity index (χ2v) is 5.26. The van der Waals surface area contributed by atoms with Crippen LogP contribution >= 0.6 is 0 Å². The van der Waals surface area contributed by atoms with Crippen LogP contribution in [0.4, 0.5) is 0 Å². The summed E-state index contributed by atoms with van der Waals surface area (Å²) in [4.78, 5) is 0. The maximum Gasteiger partial charge on any atom is 0.177 e. The van der Waals surface area contributed by atoms with Crippen molar-refractivity contribution in [2.24, 2.45) is 0 Å². The molecule has 5 heteroatoms. The maximum absolute atomic E-state index is 5.76. The van der Waals surface area contributed by atoms with Gasteiger partial charge in [0.2, 0.25) is 0 Å². The van der Waals surface area contributed by atoms with Crippen molar-refractivity contribution in [3.05, 3.63) is 66.2 Å².